The van der Waals surface area contributed by atoms with Gasteiger partial charge in [-0.15, -0.1) is 11.8 Å². The third-order valence-corrected chi connectivity index (χ3v) is 5.75. The summed E-state index contributed by atoms with van der Waals surface area (Å²) in [6, 6.07) is 5.12. The Morgan fingerprint density at radius 1 is 1.14 bits per heavy atom. The van der Waals surface area contributed by atoms with Crippen molar-refractivity contribution in [3.63, 3.8) is 0 Å². The molecular formula is C19H18F3N3O2S. The number of aryl methyl sites for hydroxylation is 2. The molecule has 0 spiro atoms. The second-order valence-corrected chi connectivity index (χ2v) is 7.34. The first kappa shape index (κ1) is 20.2. The zero-order valence-electron chi connectivity index (χ0n) is 15.5. The van der Waals surface area contributed by atoms with Crippen molar-refractivity contribution in [1.29, 1.82) is 0 Å². The van der Waals surface area contributed by atoms with Gasteiger partial charge >= 0.3 is 11.9 Å². The molecule has 0 aliphatic rings. The van der Waals surface area contributed by atoms with Crippen LogP contribution in [0.25, 0.3) is 11.0 Å². The number of nitrogens with zero attached hydrogens (tertiary/aromatic N) is 3. The molecule has 28 heavy (non-hydrogen) atoms. The number of alkyl halides is 3. The highest BCUT2D eigenvalue weighted by Crippen LogP contribution is 2.33. The molecule has 148 valence electrons. The number of aromatic nitrogens is 3. The van der Waals surface area contributed by atoms with Gasteiger partial charge in [-0.2, -0.15) is 13.2 Å². The Balaban J connectivity index is 2.11. The Morgan fingerprint density at radius 2 is 1.86 bits per heavy atom. The van der Waals surface area contributed by atoms with Crippen molar-refractivity contribution in [2.75, 3.05) is 0 Å². The summed E-state index contributed by atoms with van der Waals surface area (Å²) in [5.74, 6) is 0.252. The largest absolute Gasteiger partial charge is 0.416 e. The molecule has 0 fully saturated rings. The minimum absolute atomic E-state index is 0.252. The van der Waals surface area contributed by atoms with Crippen LogP contribution in [0.1, 0.15) is 23.6 Å². The minimum Gasteiger partial charge on any atom is -0.280 e. The summed E-state index contributed by atoms with van der Waals surface area (Å²) in [4.78, 5) is 29.8. The van der Waals surface area contributed by atoms with E-state index < -0.39 is 23.0 Å². The summed E-state index contributed by atoms with van der Waals surface area (Å²) >= 11 is 1.27. The first-order valence-electron chi connectivity index (χ1n) is 8.51. The summed E-state index contributed by atoms with van der Waals surface area (Å²) in [7, 11) is 2.92. The molecule has 0 saturated carbocycles. The minimum atomic E-state index is -4.41. The van der Waals surface area contributed by atoms with Gasteiger partial charge in [-0.25, -0.2) is 9.78 Å². The number of hydrogen-bond acceptors (Lipinski definition) is 4. The van der Waals surface area contributed by atoms with E-state index in [9.17, 15) is 22.8 Å². The molecule has 0 atom stereocenters. The van der Waals surface area contributed by atoms with Crippen LogP contribution >= 0.6 is 11.8 Å². The van der Waals surface area contributed by atoms with E-state index in [0.29, 0.717) is 22.3 Å². The Kier molecular flexibility index (Phi) is 5.38. The maximum absolute atomic E-state index is 12.9. The van der Waals surface area contributed by atoms with E-state index in [-0.39, 0.29) is 11.4 Å². The molecule has 1 aromatic carbocycles. The molecule has 5 nitrogen and oxygen atoms in total. The third-order valence-electron chi connectivity index (χ3n) is 4.51. The predicted molar refractivity (Wildman–Crippen MR) is 103 cm³/mol. The summed E-state index contributed by atoms with van der Waals surface area (Å²) in [5.41, 5.74) is -0.0970. The molecule has 9 heteroatoms. The normalized spacial score (nSPS) is 11.9. The van der Waals surface area contributed by atoms with Crippen LogP contribution in [-0.2, 0) is 32.4 Å². The van der Waals surface area contributed by atoms with E-state index in [1.165, 1.54) is 36.5 Å². The van der Waals surface area contributed by atoms with E-state index in [1.807, 2.05) is 6.92 Å². The van der Waals surface area contributed by atoms with Gasteiger partial charge in [0.25, 0.3) is 5.56 Å². The Bertz CT molecular complexity index is 1170. The molecule has 2 aromatic heterocycles. The highest BCUT2D eigenvalue weighted by atomic mass is 32.2. The lowest BCUT2D eigenvalue weighted by Crippen LogP contribution is -2.37. The second-order valence-electron chi connectivity index (χ2n) is 6.36. The van der Waals surface area contributed by atoms with Crippen molar-refractivity contribution >= 4 is 22.8 Å². The van der Waals surface area contributed by atoms with Crippen LogP contribution in [0.3, 0.4) is 0 Å². The molecular weight excluding hydrogens is 391 g/mol. The highest BCUT2D eigenvalue weighted by Gasteiger charge is 2.30. The lowest BCUT2D eigenvalue weighted by atomic mass is 10.1. The van der Waals surface area contributed by atoms with Gasteiger partial charge in [0.1, 0.15) is 5.65 Å². The van der Waals surface area contributed by atoms with Crippen molar-refractivity contribution in [1.82, 2.24) is 14.1 Å². The van der Waals surface area contributed by atoms with Gasteiger partial charge in [0, 0.05) is 30.9 Å². The molecule has 2 heterocycles. The first-order chi connectivity index (χ1) is 13.1. The molecule has 0 amide bonds. The van der Waals surface area contributed by atoms with Gasteiger partial charge in [0.15, 0.2) is 0 Å². The average molecular weight is 409 g/mol. The van der Waals surface area contributed by atoms with Crippen LogP contribution in [0, 0.1) is 0 Å². The van der Waals surface area contributed by atoms with Gasteiger partial charge in [-0.05, 0) is 23.6 Å². The van der Waals surface area contributed by atoms with Crippen molar-refractivity contribution < 1.29 is 13.2 Å². The summed E-state index contributed by atoms with van der Waals surface area (Å²) in [5, 5.41) is 0.306. The van der Waals surface area contributed by atoms with Crippen LogP contribution in [0.15, 0.2) is 44.9 Å². The number of thioether (sulfide) groups is 1. The zero-order chi connectivity index (χ0) is 20.6. The number of fused-ring (bicyclic) bond motifs is 1. The van der Waals surface area contributed by atoms with E-state index in [0.717, 1.165) is 22.3 Å². The maximum atomic E-state index is 12.9. The van der Waals surface area contributed by atoms with Crippen LogP contribution < -0.4 is 11.2 Å². The predicted octanol–water partition coefficient (Wildman–Crippen LogP) is 3.51. The van der Waals surface area contributed by atoms with E-state index in [2.05, 4.69) is 4.98 Å². The first-order valence-corrected chi connectivity index (χ1v) is 9.50. The topological polar surface area (TPSA) is 56.9 Å². The van der Waals surface area contributed by atoms with Gasteiger partial charge in [0.2, 0.25) is 0 Å². The number of halogens is 3. The molecule has 0 saturated heterocycles. The fraction of sp³-hybridized carbons (Fsp3) is 0.316. The molecule has 0 N–H and O–H groups in total. The van der Waals surface area contributed by atoms with Gasteiger partial charge < -0.3 is 0 Å². The lowest BCUT2D eigenvalue weighted by molar-refractivity contribution is -0.137. The number of benzene rings is 1. The highest BCUT2D eigenvalue weighted by molar-refractivity contribution is 7.98. The Morgan fingerprint density at radius 3 is 2.50 bits per heavy atom. The van der Waals surface area contributed by atoms with E-state index in [4.69, 9.17) is 0 Å². The summed E-state index contributed by atoms with van der Waals surface area (Å²) in [6.07, 6.45) is -2.21. The average Bonchev–Trinajstić information content (AvgIpc) is 2.67. The smallest absolute Gasteiger partial charge is 0.280 e. The second kappa shape index (κ2) is 7.46. The molecule has 0 unspecified atom stereocenters. The van der Waals surface area contributed by atoms with Crippen molar-refractivity contribution in [3.8, 4) is 0 Å². The van der Waals surface area contributed by atoms with Gasteiger partial charge in [0.05, 0.1) is 10.9 Å². The van der Waals surface area contributed by atoms with Crippen LogP contribution in [0.5, 0.6) is 0 Å². The molecule has 3 aromatic rings. The van der Waals surface area contributed by atoms with Crippen LogP contribution in [0.4, 0.5) is 13.2 Å². The fourth-order valence-corrected chi connectivity index (χ4v) is 4.15. The molecule has 0 aliphatic heterocycles. The molecule has 0 bridgehead atoms. The van der Waals surface area contributed by atoms with Crippen LogP contribution in [0.2, 0.25) is 0 Å². The quantitative estimate of drug-likeness (QED) is 0.619. The zero-order valence-corrected chi connectivity index (χ0v) is 16.3. The Hall–Kier alpha value is -2.55. The summed E-state index contributed by atoms with van der Waals surface area (Å²) in [6.45, 7) is 1.91. The standard InChI is InChI=1S/C19H18F3N3O2S/c1-4-12-9-23-16-14(17(26)25(3)18(27)24(16)2)15(12)28-10-11-6-5-7-13(8-11)19(20,21)22/h5-9H,4,10H2,1-3H3. The number of hydrogen-bond donors (Lipinski definition) is 0. The molecule has 0 radical (unpaired) electrons. The van der Waals surface area contributed by atoms with E-state index >= 15 is 0 Å². The molecule has 0 aliphatic carbocycles. The Labute approximate surface area is 162 Å². The SMILES string of the molecule is CCc1cnc2c(c1SCc1cccc(C(F)(F)F)c1)c(=O)n(C)c(=O)n2C. The molecule has 3 rings (SSSR count). The van der Waals surface area contributed by atoms with Crippen molar-refractivity contribution in [3.05, 3.63) is 68.0 Å². The lowest BCUT2D eigenvalue weighted by Gasteiger charge is -2.14. The van der Waals surface area contributed by atoms with Crippen LogP contribution in [-0.4, -0.2) is 14.1 Å². The fourth-order valence-electron chi connectivity index (χ4n) is 2.95. The monoisotopic (exact) mass is 409 g/mol. The van der Waals surface area contributed by atoms with Crippen molar-refractivity contribution in [2.45, 2.75) is 30.2 Å². The van der Waals surface area contributed by atoms with Gasteiger partial charge in [-0.1, -0.05) is 25.1 Å². The summed E-state index contributed by atoms with van der Waals surface area (Å²) < 4.78 is 41.1. The number of pyridine rings is 1. The van der Waals surface area contributed by atoms with Gasteiger partial charge in [-0.3, -0.25) is 13.9 Å². The number of rotatable bonds is 4. The van der Waals surface area contributed by atoms with Crippen molar-refractivity contribution in [2.24, 2.45) is 14.1 Å². The third kappa shape index (κ3) is 3.58. The van der Waals surface area contributed by atoms with E-state index in [1.54, 1.807) is 12.3 Å². The maximum Gasteiger partial charge on any atom is 0.416 e.